The molecule has 0 fully saturated rings. The number of amides is 1. The first-order valence-electron chi connectivity index (χ1n) is 8.04. The molecule has 2 aromatic rings. The molecule has 4 nitrogen and oxygen atoms in total. The monoisotopic (exact) mass is 377 g/mol. The molecule has 7 heteroatoms. The average Bonchev–Trinajstić information content (AvgIpc) is 2.60. The van der Waals surface area contributed by atoms with Crippen molar-refractivity contribution in [1.29, 1.82) is 0 Å². The number of anilines is 1. The molecule has 0 saturated heterocycles. The number of aryl methyl sites for hydroxylation is 2. The number of hydrogen-bond donors (Lipinski definition) is 1. The Bertz CT molecular complexity index is 873. The van der Waals surface area contributed by atoms with Gasteiger partial charge in [-0.05, 0) is 49.2 Å². The molecule has 27 heavy (non-hydrogen) atoms. The third-order valence-electron chi connectivity index (χ3n) is 3.63. The molecule has 142 valence electrons. The van der Waals surface area contributed by atoms with Gasteiger partial charge in [-0.3, -0.25) is 4.79 Å². The number of carbonyl (C=O) groups excluding carboxylic acids is 2. The molecule has 0 heterocycles. The van der Waals surface area contributed by atoms with Crippen molar-refractivity contribution in [2.45, 2.75) is 20.0 Å². The lowest BCUT2D eigenvalue weighted by atomic mass is 10.1. The van der Waals surface area contributed by atoms with Gasteiger partial charge in [0.2, 0.25) is 0 Å². The number of hydrogen-bond acceptors (Lipinski definition) is 3. The van der Waals surface area contributed by atoms with E-state index in [-0.39, 0.29) is 5.56 Å². The van der Waals surface area contributed by atoms with Crippen molar-refractivity contribution in [2.24, 2.45) is 0 Å². The SMILES string of the molecule is Cc1ccc(NC(=O)COC(=O)/C=C/c2cccc(C(F)(F)F)c2)c(C)c1. The molecule has 2 rings (SSSR count). The molecule has 0 unspecified atom stereocenters. The lowest BCUT2D eigenvalue weighted by Crippen LogP contribution is -2.20. The van der Waals surface area contributed by atoms with Crippen LogP contribution < -0.4 is 5.32 Å². The Morgan fingerprint density at radius 2 is 1.85 bits per heavy atom. The summed E-state index contributed by atoms with van der Waals surface area (Å²) in [4.78, 5) is 23.5. The molecule has 0 aliphatic rings. The zero-order chi connectivity index (χ0) is 20.0. The van der Waals surface area contributed by atoms with E-state index in [2.05, 4.69) is 5.32 Å². The van der Waals surface area contributed by atoms with Crippen LogP contribution >= 0.6 is 0 Å². The summed E-state index contributed by atoms with van der Waals surface area (Å²) in [6, 6.07) is 10.0. The highest BCUT2D eigenvalue weighted by molar-refractivity contribution is 5.95. The predicted octanol–water partition coefficient (Wildman–Crippen LogP) is 4.52. The van der Waals surface area contributed by atoms with Gasteiger partial charge in [-0.15, -0.1) is 0 Å². The van der Waals surface area contributed by atoms with E-state index in [1.54, 1.807) is 6.07 Å². The van der Waals surface area contributed by atoms with E-state index in [9.17, 15) is 22.8 Å². The van der Waals surface area contributed by atoms with Crippen molar-refractivity contribution in [3.8, 4) is 0 Å². The van der Waals surface area contributed by atoms with Gasteiger partial charge in [0.25, 0.3) is 5.91 Å². The predicted molar refractivity (Wildman–Crippen MR) is 96.0 cm³/mol. The summed E-state index contributed by atoms with van der Waals surface area (Å²) in [7, 11) is 0. The van der Waals surface area contributed by atoms with Gasteiger partial charge >= 0.3 is 12.1 Å². The molecule has 0 radical (unpaired) electrons. The zero-order valence-electron chi connectivity index (χ0n) is 14.8. The number of nitrogens with one attached hydrogen (secondary N) is 1. The number of benzene rings is 2. The number of alkyl halides is 3. The van der Waals surface area contributed by atoms with Crippen LogP contribution in [0, 0.1) is 13.8 Å². The van der Waals surface area contributed by atoms with Crippen LogP contribution in [-0.2, 0) is 20.5 Å². The van der Waals surface area contributed by atoms with Crippen molar-refractivity contribution in [1.82, 2.24) is 0 Å². The molecule has 0 saturated carbocycles. The largest absolute Gasteiger partial charge is 0.452 e. The van der Waals surface area contributed by atoms with Gasteiger partial charge in [-0.25, -0.2) is 4.79 Å². The van der Waals surface area contributed by atoms with Crippen LogP contribution in [0.4, 0.5) is 18.9 Å². The number of ether oxygens (including phenoxy) is 1. The van der Waals surface area contributed by atoms with Crippen molar-refractivity contribution in [2.75, 3.05) is 11.9 Å². The highest BCUT2D eigenvalue weighted by Gasteiger charge is 2.30. The van der Waals surface area contributed by atoms with Crippen LogP contribution in [0.15, 0.2) is 48.5 Å². The van der Waals surface area contributed by atoms with Crippen molar-refractivity contribution < 1.29 is 27.5 Å². The third kappa shape index (κ3) is 6.29. The number of carbonyl (C=O) groups is 2. The minimum Gasteiger partial charge on any atom is -0.452 e. The third-order valence-corrected chi connectivity index (χ3v) is 3.63. The van der Waals surface area contributed by atoms with Gasteiger partial charge in [-0.2, -0.15) is 13.2 Å². The normalized spacial score (nSPS) is 11.4. The fourth-order valence-corrected chi connectivity index (χ4v) is 2.31. The van der Waals surface area contributed by atoms with Crippen molar-refractivity contribution in [3.05, 3.63) is 70.8 Å². The maximum Gasteiger partial charge on any atom is 0.416 e. The van der Waals surface area contributed by atoms with Crippen LogP contribution in [-0.4, -0.2) is 18.5 Å². The fraction of sp³-hybridized carbons (Fsp3) is 0.200. The molecule has 1 amide bonds. The van der Waals surface area contributed by atoms with E-state index in [0.29, 0.717) is 5.69 Å². The molecule has 0 aliphatic carbocycles. The second-order valence-electron chi connectivity index (χ2n) is 5.93. The van der Waals surface area contributed by atoms with Crippen LogP contribution in [0.1, 0.15) is 22.3 Å². The first-order chi connectivity index (χ1) is 12.6. The summed E-state index contributed by atoms with van der Waals surface area (Å²) < 4.78 is 42.7. The topological polar surface area (TPSA) is 55.4 Å². The Hall–Kier alpha value is -3.09. The summed E-state index contributed by atoms with van der Waals surface area (Å²) in [6.07, 6.45) is -2.30. The van der Waals surface area contributed by atoms with E-state index in [1.165, 1.54) is 18.2 Å². The Morgan fingerprint density at radius 3 is 2.52 bits per heavy atom. The number of halogens is 3. The van der Waals surface area contributed by atoms with Crippen LogP contribution in [0.5, 0.6) is 0 Å². The number of esters is 1. The Labute approximate surface area is 154 Å². The molecule has 2 aromatic carbocycles. The van der Waals surface area contributed by atoms with Gasteiger partial charge in [0.15, 0.2) is 6.61 Å². The highest BCUT2D eigenvalue weighted by atomic mass is 19.4. The fourth-order valence-electron chi connectivity index (χ4n) is 2.31. The lowest BCUT2D eigenvalue weighted by Gasteiger charge is -2.09. The van der Waals surface area contributed by atoms with E-state index >= 15 is 0 Å². The molecular formula is C20H18F3NO3. The Kier molecular flexibility index (Phi) is 6.39. The molecule has 0 aromatic heterocycles. The van der Waals surface area contributed by atoms with Gasteiger partial charge in [-0.1, -0.05) is 29.8 Å². The summed E-state index contributed by atoms with van der Waals surface area (Å²) in [5, 5.41) is 2.63. The molecular weight excluding hydrogens is 359 g/mol. The minimum atomic E-state index is -4.46. The summed E-state index contributed by atoms with van der Waals surface area (Å²) in [5.74, 6) is -1.34. The standard InChI is InChI=1S/C20H18F3NO3/c1-13-6-8-17(14(2)10-13)24-18(25)12-27-19(26)9-7-15-4-3-5-16(11-15)20(21,22)23/h3-11H,12H2,1-2H3,(H,24,25)/b9-7+. The van der Waals surface area contributed by atoms with Gasteiger partial charge in [0.1, 0.15) is 0 Å². The van der Waals surface area contributed by atoms with Crippen molar-refractivity contribution >= 4 is 23.6 Å². The summed E-state index contributed by atoms with van der Waals surface area (Å²) >= 11 is 0. The maximum atomic E-state index is 12.6. The molecule has 0 bridgehead atoms. The number of rotatable bonds is 5. The Balaban J connectivity index is 1.88. The Morgan fingerprint density at radius 1 is 1.11 bits per heavy atom. The molecule has 0 spiro atoms. The zero-order valence-corrected chi connectivity index (χ0v) is 14.8. The van der Waals surface area contributed by atoms with E-state index in [1.807, 2.05) is 26.0 Å². The van der Waals surface area contributed by atoms with Gasteiger partial charge in [0, 0.05) is 11.8 Å². The summed E-state index contributed by atoms with van der Waals surface area (Å²) in [5.41, 5.74) is 1.92. The van der Waals surface area contributed by atoms with Gasteiger partial charge in [0.05, 0.1) is 5.56 Å². The van der Waals surface area contributed by atoms with Gasteiger partial charge < -0.3 is 10.1 Å². The quantitative estimate of drug-likeness (QED) is 0.616. The first kappa shape index (κ1) is 20.2. The minimum absolute atomic E-state index is 0.196. The van der Waals surface area contributed by atoms with E-state index in [4.69, 9.17) is 4.74 Å². The first-order valence-corrected chi connectivity index (χ1v) is 8.04. The van der Waals surface area contributed by atoms with Crippen LogP contribution in [0.25, 0.3) is 6.08 Å². The molecule has 1 N–H and O–H groups in total. The lowest BCUT2D eigenvalue weighted by molar-refractivity contribution is -0.142. The highest BCUT2D eigenvalue weighted by Crippen LogP contribution is 2.29. The van der Waals surface area contributed by atoms with Crippen LogP contribution in [0.2, 0.25) is 0 Å². The van der Waals surface area contributed by atoms with E-state index in [0.717, 1.165) is 29.3 Å². The summed E-state index contributed by atoms with van der Waals surface area (Å²) in [6.45, 7) is 3.27. The van der Waals surface area contributed by atoms with Crippen LogP contribution in [0.3, 0.4) is 0 Å². The second-order valence-corrected chi connectivity index (χ2v) is 5.93. The maximum absolute atomic E-state index is 12.6. The molecule has 0 atom stereocenters. The van der Waals surface area contributed by atoms with E-state index < -0.39 is 30.2 Å². The molecule has 0 aliphatic heterocycles. The smallest absolute Gasteiger partial charge is 0.416 e. The van der Waals surface area contributed by atoms with Crippen molar-refractivity contribution in [3.63, 3.8) is 0 Å². The second kappa shape index (κ2) is 8.53. The average molecular weight is 377 g/mol.